The lowest BCUT2D eigenvalue weighted by Crippen LogP contribution is -2.03. The smallest absolute Gasteiger partial charge is 0.270 e. The molecule has 0 spiro atoms. The van der Waals surface area contributed by atoms with Crippen LogP contribution in [0.15, 0.2) is 46.9 Å². The number of nitro benzene ring substituents is 1. The Balaban J connectivity index is 1.94. The van der Waals surface area contributed by atoms with Crippen LogP contribution < -0.4 is 4.74 Å². The second-order valence-electron chi connectivity index (χ2n) is 5.58. The molecule has 0 radical (unpaired) electrons. The van der Waals surface area contributed by atoms with Crippen LogP contribution in [0.25, 0.3) is 11.0 Å². The van der Waals surface area contributed by atoms with Crippen molar-refractivity contribution in [2.24, 2.45) is 0 Å². The Morgan fingerprint density at radius 1 is 1.27 bits per heavy atom. The highest BCUT2D eigenvalue weighted by atomic mass is 16.6. The Hall–Kier alpha value is -3.66. The first kappa shape index (κ1) is 17.2. The van der Waals surface area contributed by atoms with Crippen molar-refractivity contribution in [2.45, 2.75) is 13.3 Å². The van der Waals surface area contributed by atoms with Crippen LogP contribution in [0.2, 0.25) is 0 Å². The van der Waals surface area contributed by atoms with Crippen LogP contribution in [-0.2, 0) is 0 Å². The molecule has 0 fully saturated rings. The van der Waals surface area contributed by atoms with Crippen molar-refractivity contribution in [3.05, 3.63) is 69.5 Å². The Kier molecular flexibility index (Phi) is 4.67. The van der Waals surface area contributed by atoms with Crippen molar-refractivity contribution in [3.63, 3.8) is 0 Å². The highest BCUT2D eigenvalue weighted by Crippen LogP contribution is 2.31. The molecule has 0 bridgehead atoms. The van der Waals surface area contributed by atoms with Gasteiger partial charge in [-0.05, 0) is 37.3 Å². The summed E-state index contributed by atoms with van der Waals surface area (Å²) in [5, 5.41) is 19.9. The van der Waals surface area contributed by atoms with E-state index >= 15 is 0 Å². The number of hydrogen-bond acceptors (Lipinski definition) is 6. The molecule has 0 atom stereocenters. The highest BCUT2D eigenvalue weighted by molar-refractivity contribution is 6.17. The maximum atomic E-state index is 12.9. The largest absolute Gasteiger partial charge is 0.493 e. The predicted octanol–water partition coefficient (Wildman–Crippen LogP) is 4.17. The molecule has 7 heteroatoms. The molecule has 0 N–H and O–H groups in total. The van der Waals surface area contributed by atoms with Crippen LogP contribution in [0.1, 0.15) is 28.1 Å². The summed E-state index contributed by atoms with van der Waals surface area (Å²) in [7, 11) is 0. The first-order chi connectivity index (χ1) is 12.5. The Bertz CT molecular complexity index is 1030. The lowest BCUT2D eigenvalue weighted by atomic mass is 10.00. The van der Waals surface area contributed by atoms with E-state index in [0.717, 1.165) is 0 Å². The number of rotatable bonds is 6. The number of carbonyl (C=O) groups excluding carboxylic acids is 1. The zero-order chi connectivity index (χ0) is 18.7. The first-order valence-corrected chi connectivity index (χ1v) is 7.83. The molecule has 0 aliphatic carbocycles. The van der Waals surface area contributed by atoms with E-state index in [4.69, 9.17) is 14.4 Å². The van der Waals surface area contributed by atoms with Crippen molar-refractivity contribution in [2.75, 3.05) is 6.61 Å². The molecule has 3 rings (SSSR count). The summed E-state index contributed by atoms with van der Waals surface area (Å²) < 4.78 is 10.9. The summed E-state index contributed by atoms with van der Waals surface area (Å²) in [6, 6.07) is 12.7. The topological polar surface area (TPSA) is 106 Å². The fourth-order valence-corrected chi connectivity index (χ4v) is 2.67. The molecule has 7 nitrogen and oxygen atoms in total. The average Bonchev–Trinajstić information content (AvgIpc) is 2.96. The number of ether oxygens (including phenoxy) is 1. The minimum Gasteiger partial charge on any atom is -0.493 e. The summed E-state index contributed by atoms with van der Waals surface area (Å²) in [4.78, 5) is 23.4. The molecule has 2 aromatic carbocycles. The lowest BCUT2D eigenvalue weighted by molar-refractivity contribution is -0.384. The number of benzene rings is 2. The first-order valence-electron chi connectivity index (χ1n) is 7.83. The number of nitriles is 1. The van der Waals surface area contributed by atoms with Gasteiger partial charge in [0.2, 0.25) is 0 Å². The predicted molar refractivity (Wildman–Crippen MR) is 93.2 cm³/mol. The summed E-state index contributed by atoms with van der Waals surface area (Å²) >= 11 is 0. The number of carbonyl (C=O) groups is 1. The van der Waals surface area contributed by atoms with Crippen LogP contribution in [0.5, 0.6) is 5.75 Å². The summed E-state index contributed by atoms with van der Waals surface area (Å²) in [6.07, 6.45) is 0.277. The Morgan fingerprint density at radius 3 is 2.65 bits per heavy atom. The van der Waals surface area contributed by atoms with Crippen LogP contribution in [0, 0.1) is 28.4 Å². The van der Waals surface area contributed by atoms with Gasteiger partial charge in [0.25, 0.3) is 5.69 Å². The molecule has 130 valence electrons. The molecule has 3 aromatic rings. The molecule has 1 aromatic heterocycles. The number of aryl methyl sites for hydroxylation is 1. The zero-order valence-electron chi connectivity index (χ0n) is 13.9. The summed E-state index contributed by atoms with van der Waals surface area (Å²) in [6.45, 7) is 1.93. The highest BCUT2D eigenvalue weighted by Gasteiger charge is 2.21. The number of hydrogen-bond donors (Lipinski definition) is 0. The Labute approximate surface area is 148 Å². The van der Waals surface area contributed by atoms with E-state index in [1.807, 2.05) is 6.07 Å². The number of ketones is 1. The lowest BCUT2D eigenvalue weighted by Gasteiger charge is -2.05. The van der Waals surface area contributed by atoms with Crippen LogP contribution >= 0.6 is 0 Å². The van der Waals surface area contributed by atoms with Crippen molar-refractivity contribution in [3.8, 4) is 11.8 Å². The zero-order valence-corrected chi connectivity index (χ0v) is 13.9. The second kappa shape index (κ2) is 7.07. The van der Waals surface area contributed by atoms with Gasteiger partial charge in [-0.3, -0.25) is 14.9 Å². The number of nitrogens with zero attached hydrogens (tertiary/aromatic N) is 2. The van der Waals surface area contributed by atoms with Gasteiger partial charge in [0, 0.05) is 23.1 Å². The molecule has 0 aliphatic heterocycles. The number of non-ortho nitro benzene ring substituents is 1. The van der Waals surface area contributed by atoms with E-state index in [2.05, 4.69) is 0 Å². The van der Waals surface area contributed by atoms with Gasteiger partial charge in [-0.15, -0.1) is 0 Å². The van der Waals surface area contributed by atoms with Gasteiger partial charge in [-0.1, -0.05) is 0 Å². The van der Waals surface area contributed by atoms with Crippen LogP contribution in [-0.4, -0.2) is 17.3 Å². The van der Waals surface area contributed by atoms with Gasteiger partial charge in [0.15, 0.2) is 5.78 Å². The van der Waals surface area contributed by atoms with E-state index in [0.29, 0.717) is 33.6 Å². The van der Waals surface area contributed by atoms with E-state index in [1.54, 1.807) is 31.2 Å². The van der Waals surface area contributed by atoms with Crippen molar-refractivity contribution in [1.82, 2.24) is 0 Å². The summed E-state index contributed by atoms with van der Waals surface area (Å²) in [5.41, 5.74) is 1.04. The molecule has 1 heterocycles. The minimum atomic E-state index is -0.511. The van der Waals surface area contributed by atoms with Gasteiger partial charge in [0.05, 0.1) is 23.0 Å². The van der Waals surface area contributed by atoms with Crippen LogP contribution in [0.4, 0.5) is 5.69 Å². The van der Waals surface area contributed by atoms with Gasteiger partial charge < -0.3 is 9.15 Å². The average molecular weight is 350 g/mol. The van der Waals surface area contributed by atoms with Crippen molar-refractivity contribution in [1.29, 1.82) is 5.26 Å². The number of furan rings is 1. The minimum absolute atomic E-state index is 0.103. The molecule has 0 unspecified atom stereocenters. The van der Waals surface area contributed by atoms with Crippen LogP contribution in [0.3, 0.4) is 0 Å². The van der Waals surface area contributed by atoms with Gasteiger partial charge in [-0.25, -0.2) is 0 Å². The fourth-order valence-electron chi connectivity index (χ4n) is 2.67. The molecule has 0 amide bonds. The third-order valence-electron chi connectivity index (χ3n) is 3.88. The van der Waals surface area contributed by atoms with Crippen molar-refractivity contribution < 1.29 is 18.9 Å². The van der Waals surface area contributed by atoms with E-state index in [-0.39, 0.29) is 24.5 Å². The maximum Gasteiger partial charge on any atom is 0.270 e. The molecule has 26 heavy (non-hydrogen) atoms. The normalized spacial score (nSPS) is 10.5. The Morgan fingerprint density at radius 2 is 2.00 bits per heavy atom. The summed E-state index contributed by atoms with van der Waals surface area (Å²) in [5.74, 6) is 0.673. The molecular weight excluding hydrogens is 336 g/mol. The number of nitro groups is 1. The van der Waals surface area contributed by atoms with Gasteiger partial charge in [0.1, 0.15) is 23.7 Å². The maximum absolute atomic E-state index is 12.9. The quantitative estimate of drug-likeness (QED) is 0.286. The van der Waals surface area contributed by atoms with Gasteiger partial charge >= 0.3 is 0 Å². The SMILES string of the molecule is Cc1oc2ccc([N+](=O)[O-])cc2c1C(=O)c1ccc(OCCC#N)cc1. The van der Waals surface area contributed by atoms with E-state index in [9.17, 15) is 14.9 Å². The number of fused-ring (bicyclic) bond motifs is 1. The third-order valence-corrected chi connectivity index (χ3v) is 3.88. The monoisotopic (exact) mass is 350 g/mol. The third kappa shape index (κ3) is 3.26. The van der Waals surface area contributed by atoms with E-state index < -0.39 is 4.92 Å². The fraction of sp³-hybridized carbons (Fsp3) is 0.158. The molecule has 0 aliphatic rings. The van der Waals surface area contributed by atoms with E-state index in [1.165, 1.54) is 18.2 Å². The second-order valence-corrected chi connectivity index (χ2v) is 5.58. The molecule has 0 saturated carbocycles. The molecule has 0 saturated heterocycles. The molecular formula is C19H14N2O5. The van der Waals surface area contributed by atoms with Gasteiger partial charge in [-0.2, -0.15) is 5.26 Å². The van der Waals surface area contributed by atoms with Crippen molar-refractivity contribution >= 4 is 22.4 Å². The standard InChI is InChI=1S/C19H14N2O5/c1-12-18(16-11-14(21(23)24)5-8-17(16)26-12)19(22)13-3-6-15(7-4-13)25-10-2-9-20/h3-8,11H,2,10H2,1H3.